The number of H-pyrrole nitrogens is 1. The standard InChI is InChI=1S/C27H26ClFN6O3/c28-21-6-5-19(38-12-9-17-7-10-37-11-8-17)14-20(21)23-15-24(31-16-30-23)33-27(36)26-32-25(34-35-26)13-18-3-1-2-4-22(18)29/h1-6,14-17H,7-13H2,(H,32,34,35)(H,30,31,33,36). The van der Waals surface area contributed by atoms with Gasteiger partial charge >= 0.3 is 0 Å². The van der Waals surface area contributed by atoms with Gasteiger partial charge in [-0.05, 0) is 55.0 Å². The number of benzene rings is 2. The van der Waals surface area contributed by atoms with Gasteiger partial charge in [0.1, 0.15) is 29.5 Å². The summed E-state index contributed by atoms with van der Waals surface area (Å²) in [5.74, 6) is 1.01. The van der Waals surface area contributed by atoms with Crippen molar-refractivity contribution < 1.29 is 18.7 Å². The number of aromatic amines is 1. The molecule has 3 heterocycles. The average Bonchev–Trinajstić information content (AvgIpc) is 3.40. The number of aromatic nitrogens is 5. The van der Waals surface area contributed by atoms with Crippen LogP contribution in [0.4, 0.5) is 10.2 Å². The first kappa shape index (κ1) is 25.7. The molecule has 0 atom stereocenters. The molecule has 2 aromatic carbocycles. The number of nitrogens with one attached hydrogen (secondary N) is 2. The molecule has 1 aliphatic rings. The minimum atomic E-state index is -0.543. The van der Waals surface area contributed by atoms with E-state index in [0.717, 1.165) is 32.5 Å². The average molecular weight is 537 g/mol. The van der Waals surface area contributed by atoms with Gasteiger partial charge in [-0.3, -0.25) is 4.79 Å². The monoisotopic (exact) mass is 536 g/mol. The van der Waals surface area contributed by atoms with E-state index >= 15 is 0 Å². The quantitative estimate of drug-likeness (QED) is 0.306. The van der Waals surface area contributed by atoms with Crippen molar-refractivity contribution in [2.75, 3.05) is 25.1 Å². The lowest BCUT2D eigenvalue weighted by Gasteiger charge is -2.21. The molecule has 2 aromatic heterocycles. The fourth-order valence-electron chi connectivity index (χ4n) is 4.22. The van der Waals surface area contributed by atoms with E-state index in [-0.39, 0.29) is 23.9 Å². The molecule has 0 spiro atoms. The first-order valence-corrected chi connectivity index (χ1v) is 12.7. The lowest BCUT2D eigenvalue weighted by atomic mass is 9.97. The molecular weight excluding hydrogens is 511 g/mol. The number of carbonyl (C=O) groups excluding carboxylic acids is 1. The molecule has 1 saturated heterocycles. The third-order valence-corrected chi connectivity index (χ3v) is 6.65. The van der Waals surface area contributed by atoms with E-state index in [9.17, 15) is 9.18 Å². The lowest BCUT2D eigenvalue weighted by Crippen LogP contribution is -2.17. The molecule has 1 amide bonds. The molecule has 196 valence electrons. The van der Waals surface area contributed by atoms with E-state index in [1.54, 1.807) is 30.3 Å². The Hall–Kier alpha value is -3.89. The van der Waals surface area contributed by atoms with Crippen LogP contribution in [0.25, 0.3) is 11.3 Å². The SMILES string of the molecule is O=C(Nc1cc(-c2cc(OCCC3CCOCC3)ccc2Cl)ncn1)c1nnc(Cc2ccccc2F)[nH]1. The summed E-state index contributed by atoms with van der Waals surface area (Å²) in [7, 11) is 0. The van der Waals surface area contributed by atoms with Crippen molar-refractivity contribution in [2.24, 2.45) is 5.92 Å². The van der Waals surface area contributed by atoms with Crippen LogP contribution in [0.3, 0.4) is 0 Å². The highest BCUT2D eigenvalue weighted by Crippen LogP contribution is 2.31. The number of amides is 1. The maximum absolute atomic E-state index is 13.9. The first-order valence-electron chi connectivity index (χ1n) is 12.3. The van der Waals surface area contributed by atoms with Gasteiger partial charge in [0.15, 0.2) is 0 Å². The van der Waals surface area contributed by atoms with Gasteiger partial charge in [0.2, 0.25) is 5.82 Å². The molecule has 5 rings (SSSR count). The molecular formula is C27H26ClFN6O3. The molecule has 0 saturated carbocycles. The van der Waals surface area contributed by atoms with Crippen molar-refractivity contribution in [2.45, 2.75) is 25.7 Å². The third-order valence-electron chi connectivity index (χ3n) is 6.32. The van der Waals surface area contributed by atoms with E-state index in [4.69, 9.17) is 21.1 Å². The smallest absolute Gasteiger partial charge is 0.294 e. The van der Waals surface area contributed by atoms with Crippen LogP contribution in [0.5, 0.6) is 5.75 Å². The van der Waals surface area contributed by atoms with Crippen molar-refractivity contribution in [3.8, 4) is 17.0 Å². The molecule has 38 heavy (non-hydrogen) atoms. The van der Waals surface area contributed by atoms with Crippen LogP contribution in [-0.4, -0.2) is 50.9 Å². The van der Waals surface area contributed by atoms with Gasteiger partial charge in [0, 0.05) is 31.3 Å². The Morgan fingerprint density at radius 3 is 2.82 bits per heavy atom. The van der Waals surface area contributed by atoms with Gasteiger partial charge in [0.25, 0.3) is 5.91 Å². The van der Waals surface area contributed by atoms with Gasteiger partial charge in [-0.2, -0.15) is 0 Å². The molecule has 0 unspecified atom stereocenters. The Kier molecular flexibility index (Phi) is 8.20. The fraction of sp³-hybridized carbons (Fsp3) is 0.296. The van der Waals surface area contributed by atoms with Crippen molar-refractivity contribution in [3.05, 3.63) is 82.9 Å². The largest absolute Gasteiger partial charge is 0.494 e. The van der Waals surface area contributed by atoms with Gasteiger partial charge in [-0.1, -0.05) is 29.8 Å². The number of hydrogen-bond acceptors (Lipinski definition) is 7. The minimum absolute atomic E-state index is 0.0190. The lowest BCUT2D eigenvalue weighted by molar-refractivity contribution is 0.0593. The van der Waals surface area contributed by atoms with E-state index in [1.807, 2.05) is 12.1 Å². The summed E-state index contributed by atoms with van der Waals surface area (Å²) in [5.41, 5.74) is 1.62. The van der Waals surface area contributed by atoms with Crippen LogP contribution in [-0.2, 0) is 11.2 Å². The highest BCUT2D eigenvalue weighted by Gasteiger charge is 2.16. The van der Waals surface area contributed by atoms with Crippen LogP contribution >= 0.6 is 11.6 Å². The van der Waals surface area contributed by atoms with E-state index < -0.39 is 5.91 Å². The zero-order valence-electron chi connectivity index (χ0n) is 20.5. The number of hydrogen-bond donors (Lipinski definition) is 2. The van der Waals surface area contributed by atoms with Crippen LogP contribution in [0.1, 0.15) is 41.3 Å². The second kappa shape index (κ2) is 12.1. The zero-order valence-corrected chi connectivity index (χ0v) is 21.2. The summed E-state index contributed by atoms with van der Waals surface area (Å²) < 4.78 is 25.3. The summed E-state index contributed by atoms with van der Waals surface area (Å²) in [6.07, 6.45) is 4.60. The number of anilines is 1. The Morgan fingerprint density at radius 1 is 1.13 bits per heavy atom. The van der Waals surface area contributed by atoms with Crippen LogP contribution in [0, 0.1) is 11.7 Å². The maximum Gasteiger partial charge on any atom is 0.294 e. The molecule has 0 aliphatic carbocycles. The number of rotatable bonds is 9. The van der Waals surface area contributed by atoms with Crippen LogP contribution in [0.15, 0.2) is 54.9 Å². The topological polar surface area (TPSA) is 115 Å². The number of halogens is 2. The Balaban J connectivity index is 1.23. The molecule has 0 radical (unpaired) electrons. The normalized spacial score (nSPS) is 13.8. The molecule has 11 heteroatoms. The Bertz CT molecular complexity index is 1410. The Labute approximate surface area is 223 Å². The summed E-state index contributed by atoms with van der Waals surface area (Å²) >= 11 is 6.45. The second-order valence-electron chi connectivity index (χ2n) is 8.97. The van der Waals surface area contributed by atoms with Crippen LogP contribution in [0.2, 0.25) is 5.02 Å². The highest BCUT2D eigenvalue weighted by atomic mass is 35.5. The summed E-state index contributed by atoms with van der Waals surface area (Å²) in [6, 6.07) is 13.4. The molecule has 0 bridgehead atoms. The minimum Gasteiger partial charge on any atom is -0.494 e. The second-order valence-corrected chi connectivity index (χ2v) is 9.37. The zero-order chi connectivity index (χ0) is 26.3. The van der Waals surface area contributed by atoms with E-state index in [1.165, 1.54) is 12.4 Å². The Morgan fingerprint density at radius 2 is 1.97 bits per heavy atom. The number of ether oxygens (including phenoxy) is 2. The van der Waals surface area contributed by atoms with Gasteiger partial charge in [-0.15, -0.1) is 10.2 Å². The summed E-state index contributed by atoms with van der Waals surface area (Å²) in [5, 5.41) is 11.0. The molecule has 1 aliphatic heterocycles. The summed E-state index contributed by atoms with van der Waals surface area (Å²) in [4.78, 5) is 24.0. The molecule has 2 N–H and O–H groups in total. The predicted molar refractivity (Wildman–Crippen MR) is 140 cm³/mol. The van der Waals surface area contributed by atoms with Crippen molar-refractivity contribution in [1.82, 2.24) is 25.1 Å². The fourth-order valence-corrected chi connectivity index (χ4v) is 4.43. The maximum atomic E-state index is 13.9. The van der Waals surface area contributed by atoms with Gasteiger partial charge in [-0.25, -0.2) is 14.4 Å². The van der Waals surface area contributed by atoms with Gasteiger partial charge in [0.05, 0.1) is 17.3 Å². The predicted octanol–water partition coefficient (Wildman–Crippen LogP) is 5.09. The van der Waals surface area contributed by atoms with Crippen molar-refractivity contribution in [1.29, 1.82) is 0 Å². The van der Waals surface area contributed by atoms with E-state index in [2.05, 4.69) is 30.5 Å². The molecule has 1 fully saturated rings. The summed E-state index contributed by atoms with van der Waals surface area (Å²) in [6.45, 7) is 2.23. The van der Waals surface area contributed by atoms with Gasteiger partial charge < -0.3 is 19.8 Å². The third kappa shape index (κ3) is 6.51. The van der Waals surface area contributed by atoms with Crippen molar-refractivity contribution in [3.63, 3.8) is 0 Å². The molecule has 4 aromatic rings. The van der Waals surface area contributed by atoms with Crippen LogP contribution < -0.4 is 10.1 Å². The van der Waals surface area contributed by atoms with E-state index in [0.29, 0.717) is 45.9 Å². The highest BCUT2D eigenvalue weighted by molar-refractivity contribution is 6.33. The van der Waals surface area contributed by atoms with Crippen molar-refractivity contribution >= 4 is 23.3 Å². The molecule has 9 nitrogen and oxygen atoms in total. The first-order chi connectivity index (χ1) is 18.5. The number of carbonyl (C=O) groups is 1. The number of nitrogens with zero attached hydrogens (tertiary/aromatic N) is 4.